The maximum atomic E-state index is 8.97. The van der Waals surface area contributed by atoms with Gasteiger partial charge in [0.1, 0.15) is 0 Å². The highest BCUT2D eigenvalue weighted by molar-refractivity contribution is 6.58. The van der Waals surface area contributed by atoms with E-state index < -0.39 is 7.12 Å². The maximum absolute atomic E-state index is 8.97. The van der Waals surface area contributed by atoms with Gasteiger partial charge in [-0.25, -0.2) is 0 Å². The van der Waals surface area contributed by atoms with E-state index in [9.17, 15) is 0 Å². The zero-order chi connectivity index (χ0) is 9.97. The monoisotopic (exact) mass is 191 g/mol. The van der Waals surface area contributed by atoms with Gasteiger partial charge in [-0.1, -0.05) is 24.3 Å². The standard InChI is InChI=1S/C10H14BNO2/c13-11(14)9-3-1-2-8(6-9)7-12-10-4-5-10/h1-3,6,10,12-14H,4-5,7H2. The van der Waals surface area contributed by atoms with E-state index in [-0.39, 0.29) is 0 Å². The SMILES string of the molecule is OB(O)c1cccc(CNC2CC2)c1. The molecule has 3 nitrogen and oxygen atoms in total. The lowest BCUT2D eigenvalue weighted by Gasteiger charge is -2.05. The van der Waals surface area contributed by atoms with Crippen LogP contribution >= 0.6 is 0 Å². The fourth-order valence-electron chi connectivity index (χ4n) is 1.41. The molecule has 14 heavy (non-hydrogen) atoms. The molecule has 1 fully saturated rings. The Labute approximate surface area is 83.9 Å². The van der Waals surface area contributed by atoms with Gasteiger partial charge in [0.15, 0.2) is 0 Å². The van der Waals surface area contributed by atoms with E-state index in [0.717, 1.165) is 12.1 Å². The van der Waals surface area contributed by atoms with Crippen LogP contribution in [0.2, 0.25) is 0 Å². The highest BCUT2D eigenvalue weighted by Gasteiger charge is 2.20. The van der Waals surface area contributed by atoms with E-state index in [4.69, 9.17) is 10.0 Å². The average molecular weight is 191 g/mol. The summed E-state index contributed by atoms with van der Waals surface area (Å²) in [5.41, 5.74) is 1.66. The molecule has 1 aromatic carbocycles. The smallest absolute Gasteiger partial charge is 0.423 e. The van der Waals surface area contributed by atoms with Crippen LogP contribution in [-0.4, -0.2) is 23.2 Å². The highest BCUT2D eigenvalue weighted by atomic mass is 16.4. The second kappa shape index (κ2) is 4.13. The normalized spacial score (nSPS) is 15.6. The molecule has 2 rings (SSSR count). The van der Waals surface area contributed by atoms with Gasteiger partial charge in [-0.3, -0.25) is 0 Å². The first-order chi connectivity index (χ1) is 6.75. The van der Waals surface area contributed by atoms with Gasteiger partial charge in [-0.15, -0.1) is 0 Å². The molecule has 0 spiro atoms. The van der Waals surface area contributed by atoms with Gasteiger partial charge >= 0.3 is 7.12 Å². The first kappa shape index (κ1) is 9.71. The van der Waals surface area contributed by atoms with Crippen molar-refractivity contribution < 1.29 is 10.0 Å². The summed E-state index contributed by atoms with van der Waals surface area (Å²) in [6, 6.07) is 8.04. The largest absolute Gasteiger partial charge is 0.488 e. The summed E-state index contributed by atoms with van der Waals surface area (Å²) in [4.78, 5) is 0. The Morgan fingerprint density at radius 3 is 2.79 bits per heavy atom. The summed E-state index contributed by atoms with van der Waals surface area (Å²) in [5.74, 6) is 0. The van der Waals surface area contributed by atoms with Gasteiger partial charge in [0, 0.05) is 12.6 Å². The molecule has 0 unspecified atom stereocenters. The van der Waals surface area contributed by atoms with Crippen LogP contribution in [0.25, 0.3) is 0 Å². The van der Waals surface area contributed by atoms with E-state index in [1.165, 1.54) is 12.8 Å². The van der Waals surface area contributed by atoms with Crippen molar-refractivity contribution in [2.75, 3.05) is 0 Å². The number of rotatable bonds is 4. The molecule has 1 aliphatic carbocycles. The third-order valence-corrected chi connectivity index (χ3v) is 2.42. The Hall–Kier alpha value is -0.835. The van der Waals surface area contributed by atoms with Crippen LogP contribution in [0.1, 0.15) is 18.4 Å². The molecular weight excluding hydrogens is 177 g/mol. The molecule has 0 amide bonds. The minimum Gasteiger partial charge on any atom is -0.423 e. The Morgan fingerprint density at radius 1 is 1.36 bits per heavy atom. The van der Waals surface area contributed by atoms with Crippen LogP contribution < -0.4 is 10.8 Å². The predicted molar refractivity (Wildman–Crippen MR) is 56.1 cm³/mol. The third kappa shape index (κ3) is 2.58. The molecular formula is C10H14BNO2. The van der Waals surface area contributed by atoms with Crippen molar-refractivity contribution in [2.24, 2.45) is 0 Å². The number of nitrogens with one attached hydrogen (secondary N) is 1. The van der Waals surface area contributed by atoms with Crippen molar-refractivity contribution in [1.29, 1.82) is 0 Å². The molecule has 0 saturated heterocycles. The Bertz CT molecular complexity index is 313. The van der Waals surface area contributed by atoms with Crippen LogP contribution in [0.4, 0.5) is 0 Å². The van der Waals surface area contributed by atoms with Crippen LogP contribution in [-0.2, 0) is 6.54 Å². The fraction of sp³-hybridized carbons (Fsp3) is 0.400. The van der Waals surface area contributed by atoms with E-state index in [0.29, 0.717) is 11.5 Å². The molecule has 4 heteroatoms. The average Bonchev–Trinajstić information content (AvgIpc) is 2.99. The number of hydrogen-bond donors (Lipinski definition) is 3. The van der Waals surface area contributed by atoms with Gasteiger partial charge in [-0.05, 0) is 23.9 Å². The topological polar surface area (TPSA) is 52.5 Å². The molecule has 0 atom stereocenters. The summed E-state index contributed by atoms with van der Waals surface area (Å²) >= 11 is 0. The zero-order valence-electron chi connectivity index (χ0n) is 7.98. The summed E-state index contributed by atoms with van der Waals surface area (Å²) in [6.45, 7) is 0.811. The van der Waals surface area contributed by atoms with Gasteiger partial charge in [0.2, 0.25) is 0 Å². The van der Waals surface area contributed by atoms with Gasteiger partial charge in [-0.2, -0.15) is 0 Å². The van der Waals surface area contributed by atoms with Crippen LogP contribution in [0, 0.1) is 0 Å². The lowest BCUT2D eigenvalue weighted by atomic mass is 9.80. The first-order valence-electron chi connectivity index (χ1n) is 4.94. The van der Waals surface area contributed by atoms with Gasteiger partial charge in [0.25, 0.3) is 0 Å². The Kier molecular flexibility index (Phi) is 2.86. The molecule has 1 aliphatic rings. The molecule has 0 radical (unpaired) electrons. The zero-order valence-corrected chi connectivity index (χ0v) is 7.98. The van der Waals surface area contributed by atoms with E-state index in [1.54, 1.807) is 6.07 Å². The highest BCUT2D eigenvalue weighted by Crippen LogP contribution is 2.19. The minimum absolute atomic E-state index is 0.556. The molecule has 74 valence electrons. The van der Waals surface area contributed by atoms with E-state index in [2.05, 4.69) is 5.32 Å². The summed E-state index contributed by atoms with van der Waals surface area (Å²) in [6.07, 6.45) is 2.53. The minimum atomic E-state index is -1.36. The van der Waals surface area contributed by atoms with Crippen LogP contribution in [0.3, 0.4) is 0 Å². The van der Waals surface area contributed by atoms with Crippen molar-refractivity contribution in [2.45, 2.75) is 25.4 Å². The van der Waals surface area contributed by atoms with E-state index >= 15 is 0 Å². The molecule has 0 heterocycles. The molecule has 0 aliphatic heterocycles. The number of benzene rings is 1. The van der Waals surface area contributed by atoms with Gasteiger partial charge < -0.3 is 15.4 Å². The van der Waals surface area contributed by atoms with Crippen LogP contribution in [0.15, 0.2) is 24.3 Å². The maximum Gasteiger partial charge on any atom is 0.488 e. The lowest BCUT2D eigenvalue weighted by Crippen LogP contribution is -2.30. The van der Waals surface area contributed by atoms with Crippen LogP contribution in [0.5, 0.6) is 0 Å². The Morgan fingerprint density at radius 2 is 2.14 bits per heavy atom. The quantitative estimate of drug-likeness (QED) is 0.568. The molecule has 1 saturated carbocycles. The second-order valence-electron chi connectivity index (χ2n) is 3.77. The van der Waals surface area contributed by atoms with Crippen molar-refractivity contribution in [3.05, 3.63) is 29.8 Å². The third-order valence-electron chi connectivity index (χ3n) is 2.42. The van der Waals surface area contributed by atoms with Crippen molar-refractivity contribution in [1.82, 2.24) is 5.32 Å². The fourth-order valence-corrected chi connectivity index (χ4v) is 1.41. The Balaban J connectivity index is 1.97. The molecule has 0 bridgehead atoms. The van der Waals surface area contributed by atoms with E-state index in [1.807, 2.05) is 18.2 Å². The summed E-state index contributed by atoms with van der Waals surface area (Å²) < 4.78 is 0. The predicted octanol–water partition coefficient (Wildman–Crippen LogP) is -0.382. The van der Waals surface area contributed by atoms with Gasteiger partial charge in [0.05, 0.1) is 0 Å². The number of hydrogen-bond acceptors (Lipinski definition) is 3. The summed E-state index contributed by atoms with van der Waals surface area (Å²) in [5, 5.41) is 21.3. The van der Waals surface area contributed by atoms with Crippen molar-refractivity contribution in [3.63, 3.8) is 0 Å². The van der Waals surface area contributed by atoms with Crippen molar-refractivity contribution in [3.8, 4) is 0 Å². The molecule has 0 aromatic heterocycles. The molecule has 3 N–H and O–H groups in total. The lowest BCUT2D eigenvalue weighted by molar-refractivity contribution is 0.425. The molecule has 1 aromatic rings. The van der Waals surface area contributed by atoms with Crippen molar-refractivity contribution >= 4 is 12.6 Å². The summed E-state index contributed by atoms with van der Waals surface area (Å²) in [7, 11) is -1.36. The second-order valence-corrected chi connectivity index (χ2v) is 3.77. The first-order valence-corrected chi connectivity index (χ1v) is 4.94.